The molecule has 0 saturated heterocycles. The predicted octanol–water partition coefficient (Wildman–Crippen LogP) is 4.24. The van der Waals surface area contributed by atoms with Crippen molar-refractivity contribution in [2.75, 3.05) is 29.4 Å². The third-order valence-corrected chi connectivity index (χ3v) is 8.51. The number of amides is 1. The molecule has 2 aliphatic rings. The lowest BCUT2D eigenvalue weighted by molar-refractivity contribution is -0.128. The number of aliphatic hydroxyl groups is 1. The summed E-state index contributed by atoms with van der Waals surface area (Å²) < 4.78 is 49.5. The number of rotatable bonds is 7. The highest BCUT2D eigenvalue weighted by Gasteiger charge is 2.48. The fourth-order valence-corrected chi connectivity index (χ4v) is 6.67. The SMILES string of the molecule is CCO[P@]1(=O)N=C(C2=C(O)[C@@H](C(C)(C)C)N(CCC(C)(C)C)C2=O)Nc2ccc(NS(C)(=O)=O)cc21. The van der Waals surface area contributed by atoms with Crippen molar-refractivity contribution in [2.45, 2.75) is 60.9 Å². The van der Waals surface area contributed by atoms with E-state index >= 15 is 0 Å². The molecule has 2 heterocycles. The molecule has 0 aromatic heterocycles. The Kier molecular flexibility index (Phi) is 7.45. The molecule has 0 radical (unpaired) electrons. The van der Waals surface area contributed by atoms with Crippen LogP contribution in [0.2, 0.25) is 0 Å². The van der Waals surface area contributed by atoms with Crippen LogP contribution in [0.4, 0.5) is 11.4 Å². The number of hydrogen-bond donors (Lipinski definition) is 3. The Morgan fingerprint density at radius 1 is 1.22 bits per heavy atom. The second kappa shape index (κ2) is 9.50. The molecule has 0 bridgehead atoms. The Morgan fingerprint density at radius 3 is 2.39 bits per heavy atom. The molecule has 3 rings (SSSR count). The standard InChI is InChI=1S/C24H37N4O6PS/c1-9-34-35(31)17-14-15(27-36(8,32)33)10-11-16(17)25-21(26-35)18-19(29)20(24(5,6)7)28(22(18)30)13-12-23(2,3)4/h10-11,14,20,27,29H,9,12-13H2,1-8H3,(H,25,26,31)/t20-,35-/m0/s1. The molecule has 1 aromatic rings. The number of sulfonamides is 1. The van der Waals surface area contributed by atoms with Gasteiger partial charge in [-0.15, -0.1) is 0 Å². The maximum Gasteiger partial charge on any atom is 0.348 e. The molecule has 0 fully saturated rings. The van der Waals surface area contributed by atoms with Crippen molar-refractivity contribution >= 4 is 46.0 Å². The summed E-state index contributed by atoms with van der Waals surface area (Å²) in [7, 11) is -7.47. The molecule has 36 heavy (non-hydrogen) atoms. The Hall–Kier alpha value is -2.36. The van der Waals surface area contributed by atoms with E-state index in [2.05, 4.69) is 35.6 Å². The maximum absolute atomic E-state index is 13.9. The Morgan fingerprint density at radius 2 is 1.86 bits per heavy atom. The summed E-state index contributed by atoms with van der Waals surface area (Å²) in [5.74, 6) is -0.558. The highest BCUT2D eigenvalue weighted by atomic mass is 32.2. The minimum atomic E-state index is -3.90. The quantitative estimate of drug-likeness (QED) is 0.440. The molecule has 2 aliphatic heterocycles. The summed E-state index contributed by atoms with van der Waals surface area (Å²) in [6.45, 7) is 14.3. The molecule has 200 valence electrons. The van der Waals surface area contributed by atoms with Gasteiger partial charge in [-0.25, -0.2) is 8.42 Å². The first kappa shape index (κ1) is 28.2. The molecule has 0 saturated carbocycles. The first-order valence-corrected chi connectivity index (χ1v) is 15.3. The summed E-state index contributed by atoms with van der Waals surface area (Å²) in [4.78, 5) is 15.3. The number of fused-ring (bicyclic) bond motifs is 1. The van der Waals surface area contributed by atoms with Gasteiger partial charge in [-0.05, 0) is 42.4 Å². The van der Waals surface area contributed by atoms with Gasteiger partial charge in [-0.3, -0.25) is 14.1 Å². The van der Waals surface area contributed by atoms with Crippen LogP contribution in [0.5, 0.6) is 0 Å². The molecular weight excluding hydrogens is 503 g/mol. The summed E-state index contributed by atoms with van der Waals surface area (Å²) in [5, 5.41) is 14.5. The number of amidine groups is 1. The highest BCUT2D eigenvalue weighted by Crippen LogP contribution is 2.53. The minimum absolute atomic E-state index is 0.0248. The lowest BCUT2D eigenvalue weighted by Crippen LogP contribution is -2.45. The molecule has 12 heteroatoms. The molecule has 0 spiro atoms. The van der Waals surface area contributed by atoms with Crippen LogP contribution in [0.1, 0.15) is 54.9 Å². The first-order valence-electron chi connectivity index (χ1n) is 11.8. The van der Waals surface area contributed by atoms with Crippen molar-refractivity contribution in [1.82, 2.24) is 4.90 Å². The van der Waals surface area contributed by atoms with Crippen LogP contribution in [0.25, 0.3) is 0 Å². The van der Waals surface area contributed by atoms with Crippen molar-refractivity contribution in [3.05, 3.63) is 29.5 Å². The van der Waals surface area contributed by atoms with Crippen LogP contribution < -0.4 is 15.3 Å². The average Bonchev–Trinajstić information content (AvgIpc) is 2.95. The van der Waals surface area contributed by atoms with E-state index in [0.29, 0.717) is 12.2 Å². The minimum Gasteiger partial charge on any atom is -0.509 e. The predicted molar refractivity (Wildman–Crippen MR) is 144 cm³/mol. The van der Waals surface area contributed by atoms with Crippen molar-refractivity contribution in [3.63, 3.8) is 0 Å². The van der Waals surface area contributed by atoms with Crippen molar-refractivity contribution in [3.8, 4) is 0 Å². The molecule has 1 amide bonds. The van der Waals surface area contributed by atoms with E-state index in [0.717, 1.165) is 12.7 Å². The van der Waals surface area contributed by atoms with Gasteiger partial charge in [0.25, 0.3) is 5.91 Å². The van der Waals surface area contributed by atoms with E-state index in [1.165, 1.54) is 12.1 Å². The van der Waals surface area contributed by atoms with Crippen molar-refractivity contribution in [2.24, 2.45) is 15.6 Å². The van der Waals surface area contributed by atoms with Crippen molar-refractivity contribution < 1.29 is 27.4 Å². The number of nitrogens with zero attached hydrogens (tertiary/aromatic N) is 2. The Balaban J connectivity index is 2.10. The number of anilines is 2. The molecular formula is C24H37N4O6PS. The zero-order valence-electron chi connectivity index (χ0n) is 22.2. The van der Waals surface area contributed by atoms with Gasteiger partial charge in [0.15, 0.2) is 5.84 Å². The lowest BCUT2D eigenvalue weighted by atomic mass is 9.84. The van der Waals surface area contributed by atoms with Gasteiger partial charge >= 0.3 is 7.52 Å². The smallest absolute Gasteiger partial charge is 0.348 e. The van der Waals surface area contributed by atoms with Gasteiger partial charge in [0.2, 0.25) is 10.0 Å². The Labute approximate surface area is 213 Å². The van der Waals surface area contributed by atoms with Crippen LogP contribution in [0.15, 0.2) is 34.3 Å². The van der Waals surface area contributed by atoms with Gasteiger partial charge in [-0.1, -0.05) is 41.5 Å². The molecule has 3 N–H and O–H groups in total. The van der Waals surface area contributed by atoms with Crippen LogP contribution in [0.3, 0.4) is 0 Å². The fraction of sp³-hybridized carbons (Fsp3) is 0.583. The van der Waals surface area contributed by atoms with Crippen LogP contribution in [-0.2, 0) is 23.9 Å². The number of carbonyl (C=O) groups excluding carboxylic acids is 1. The normalized spacial score (nSPS) is 22.9. The molecule has 10 nitrogen and oxygen atoms in total. The van der Waals surface area contributed by atoms with Gasteiger partial charge < -0.3 is 19.8 Å². The number of carbonyl (C=O) groups is 1. The fourth-order valence-electron chi connectivity index (χ4n) is 4.31. The zero-order valence-corrected chi connectivity index (χ0v) is 23.9. The van der Waals surface area contributed by atoms with E-state index in [4.69, 9.17) is 4.52 Å². The molecule has 0 aliphatic carbocycles. The van der Waals surface area contributed by atoms with Gasteiger partial charge in [-0.2, -0.15) is 4.76 Å². The monoisotopic (exact) mass is 540 g/mol. The second-order valence-electron chi connectivity index (χ2n) is 11.5. The van der Waals surface area contributed by atoms with E-state index in [1.54, 1.807) is 17.9 Å². The zero-order chi connectivity index (χ0) is 27.3. The summed E-state index contributed by atoms with van der Waals surface area (Å²) in [6, 6.07) is 3.86. The topological polar surface area (TPSA) is 137 Å². The molecule has 0 unspecified atom stereocenters. The van der Waals surface area contributed by atoms with Crippen molar-refractivity contribution in [1.29, 1.82) is 0 Å². The van der Waals surface area contributed by atoms with Gasteiger partial charge in [0, 0.05) is 12.2 Å². The van der Waals surface area contributed by atoms with E-state index in [-0.39, 0.29) is 40.2 Å². The van der Waals surface area contributed by atoms with E-state index in [9.17, 15) is 22.9 Å². The summed E-state index contributed by atoms with van der Waals surface area (Å²) in [5.41, 5.74) is 0.0275. The highest BCUT2D eigenvalue weighted by molar-refractivity contribution is 7.92. The molecule has 1 aromatic carbocycles. The molecule has 2 atom stereocenters. The average molecular weight is 541 g/mol. The third-order valence-electron chi connectivity index (χ3n) is 5.86. The van der Waals surface area contributed by atoms with Crippen LogP contribution in [-0.4, -0.2) is 55.6 Å². The van der Waals surface area contributed by atoms with Crippen LogP contribution >= 0.6 is 7.52 Å². The third kappa shape index (κ3) is 5.95. The first-order chi connectivity index (χ1) is 16.4. The number of aliphatic hydroxyl groups excluding tert-OH is 1. The summed E-state index contributed by atoms with van der Waals surface area (Å²) >= 11 is 0. The van der Waals surface area contributed by atoms with E-state index < -0.39 is 34.9 Å². The van der Waals surface area contributed by atoms with Crippen LogP contribution in [0, 0.1) is 10.8 Å². The van der Waals surface area contributed by atoms with Gasteiger partial charge in [0.05, 0.1) is 29.9 Å². The number of hydrogen-bond acceptors (Lipinski definition) is 7. The van der Waals surface area contributed by atoms with E-state index in [1.807, 2.05) is 20.8 Å². The number of nitrogens with one attached hydrogen (secondary N) is 2. The number of benzene rings is 1. The largest absolute Gasteiger partial charge is 0.509 e. The Bertz CT molecular complexity index is 1270. The lowest BCUT2D eigenvalue weighted by Gasteiger charge is -2.36. The van der Waals surface area contributed by atoms with Gasteiger partial charge in [0.1, 0.15) is 11.3 Å². The summed E-state index contributed by atoms with van der Waals surface area (Å²) in [6.07, 6.45) is 1.74. The second-order valence-corrected chi connectivity index (χ2v) is 15.2. The maximum atomic E-state index is 13.9.